The summed E-state index contributed by atoms with van der Waals surface area (Å²) < 4.78 is 5.37. The first kappa shape index (κ1) is 14.8. The standard InChI is InChI=1S/C14H27N3O2/c1-14(2,17-6-8-19-9-7-17)11-16-13(18)10-12-4-3-5-15-12/h12,15H,3-11H2,1-2H3,(H,16,18). The summed E-state index contributed by atoms with van der Waals surface area (Å²) in [4.78, 5) is 14.3. The molecule has 0 aromatic heterocycles. The van der Waals surface area contributed by atoms with Crippen molar-refractivity contribution >= 4 is 5.91 Å². The number of nitrogens with one attached hydrogen (secondary N) is 2. The van der Waals surface area contributed by atoms with Crippen LogP contribution in [0.4, 0.5) is 0 Å². The molecule has 0 aliphatic carbocycles. The normalized spacial score (nSPS) is 25.5. The van der Waals surface area contributed by atoms with Crippen molar-refractivity contribution in [1.82, 2.24) is 15.5 Å². The van der Waals surface area contributed by atoms with E-state index in [4.69, 9.17) is 4.74 Å². The average molecular weight is 269 g/mol. The predicted molar refractivity (Wildman–Crippen MR) is 75.1 cm³/mol. The lowest BCUT2D eigenvalue weighted by Crippen LogP contribution is -2.55. The molecule has 2 aliphatic heterocycles. The van der Waals surface area contributed by atoms with E-state index in [1.165, 1.54) is 6.42 Å². The fraction of sp³-hybridized carbons (Fsp3) is 0.929. The Morgan fingerprint density at radius 2 is 2.16 bits per heavy atom. The highest BCUT2D eigenvalue weighted by atomic mass is 16.5. The van der Waals surface area contributed by atoms with Crippen molar-refractivity contribution in [2.75, 3.05) is 39.4 Å². The lowest BCUT2D eigenvalue weighted by atomic mass is 10.0. The molecule has 0 aromatic carbocycles. The van der Waals surface area contributed by atoms with E-state index in [0.29, 0.717) is 19.0 Å². The van der Waals surface area contributed by atoms with E-state index in [9.17, 15) is 4.79 Å². The molecule has 0 saturated carbocycles. The second-order valence-electron chi connectivity index (χ2n) is 6.19. The molecule has 2 fully saturated rings. The number of rotatable bonds is 5. The Morgan fingerprint density at radius 3 is 2.79 bits per heavy atom. The summed E-state index contributed by atoms with van der Waals surface area (Å²) in [5, 5.41) is 6.45. The third-order valence-electron chi connectivity index (χ3n) is 4.18. The van der Waals surface area contributed by atoms with Crippen LogP contribution in [0.1, 0.15) is 33.1 Å². The van der Waals surface area contributed by atoms with Crippen molar-refractivity contribution in [2.45, 2.75) is 44.7 Å². The summed E-state index contributed by atoms with van der Waals surface area (Å²) in [5.74, 6) is 0.167. The number of nitrogens with zero attached hydrogens (tertiary/aromatic N) is 1. The van der Waals surface area contributed by atoms with Crippen molar-refractivity contribution in [3.63, 3.8) is 0 Å². The van der Waals surface area contributed by atoms with Crippen molar-refractivity contribution in [2.24, 2.45) is 0 Å². The first-order valence-electron chi connectivity index (χ1n) is 7.41. The fourth-order valence-electron chi connectivity index (χ4n) is 2.82. The van der Waals surface area contributed by atoms with E-state index in [2.05, 4.69) is 29.4 Å². The maximum Gasteiger partial charge on any atom is 0.221 e. The minimum atomic E-state index is 0.00252. The predicted octanol–water partition coefficient (Wildman–Crippen LogP) is 0.356. The number of morpholine rings is 1. The van der Waals surface area contributed by atoms with Gasteiger partial charge < -0.3 is 15.4 Å². The summed E-state index contributed by atoms with van der Waals surface area (Å²) in [5.41, 5.74) is 0.00252. The largest absolute Gasteiger partial charge is 0.379 e. The molecule has 19 heavy (non-hydrogen) atoms. The van der Waals surface area contributed by atoms with Gasteiger partial charge in [0.25, 0.3) is 0 Å². The lowest BCUT2D eigenvalue weighted by molar-refractivity contribution is -0.122. The van der Waals surface area contributed by atoms with Gasteiger partial charge in [-0.3, -0.25) is 9.69 Å². The van der Waals surface area contributed by atoms with Gasteiger partial charge in [-0.05, 0) is 33.2 Å². The molecule has 0 aromatic rings. The maximum atomic E-state index is 11.9. The Kier molecular flexibility index (Phi) is 5.19. The highest BCUT2D eigenvalue weighted by molar-refractivity contribution is 5.76. The molecule has 2 rings (SSSR count). The average Bonchev–Trinajstić information content (AvgIpc) is 2.90. The molecular formula is C14H27N3O2. The topological polar surface area (TPSA) is 53.6 Å². The second kappa shape index (κ2) is 6.68. The number of carbonyl (C=O) groups excluding carboxylic acids is 1. The van der Waals surface area contributed by atoms with Crippen LogP contribution in [0.25, 0.3) is 0 Å². The van der Waals surface area contributed by atoms with E-state index in [-0.39, 0.29) is 11.4 Å². The van der Waals surface area contributed by atoms with E-state index in [1.54, 1.807) is 0 Å². The number of hydrogen-bond donors (Lipinski definition) is 2. The molecule has 1 unspecified atom stereocenters. The number of carbonyl (C=O) groups is 1. The molecular weight excluding hydrogens is 242 g/mol. The minimum Gasteiger partial charge on any atom is -0.379 e. The molecule has 0 bridgehead atoms. The van der Waals surface area contributed by atoms with Crippen LogP contribution in [-0.4, -0.2) is 61.8 Å². The van der Waals surface area contributed by atoms with Crippen LogP contribution < -0.4 is 10.6 Å². The summed E-state index contributed by atoms with van der Waals surface area (Å²) >= 11 is 0. The summed E-state index contributed by atoms with van der Waals surface area (Å²) in [7, 11) is 0. The molecule has 1 amide bonds. The van der Waals surface area contributed by atoms with Gasteiger partial charge in [0.15, 0.2) is 0 Å². The third kappa shape index (κ3) is 4.44. The van der Waals surface area contributed by atoms with Crippen molar-refractivity contribution in [3.8, 4) is 0 Å². The van der Waals surface area contributed by atoms with Crippen LogP contribution in [0.2, 0.25) is 0 Å². The zero-order valence-electron chi connectivity index (χ0n) is 12.2. The smallest absolute Gasteiger partial charge is 0.221 e. The molecule has 2 aliphatic rings. The van der Waals surface area contributed by atoms with Crippen LogP contribution in [0.3, 0.4) is 0 Å². The first-order chi connectivity index (χ1) is 9.08. The molecule has 2 heterocycles. The van der Waals surface area contributed by atoms with Gasteiger partial charge in [0.2, 0.25) is 5.91 Å². The van der Waals surface area contributed by atoms with E-state index in [0.717, 1.165) is 39.3 Å². The summed E-state index contributed by atoms with van der Waals surface area (Å²) in [6.45, 7) is 9.63. The molecule has 110 valence electrons. The van der Waals surface area contributed by atoms with Gasteiger partial charge in [0, 0.05) is 37.6 Å². The number of hydrogen-bond acceptors (Lipinski definition) is 4. The quantitative estimate of drug-likeness (QED) is 0.756. The van der Waals surface area contributed by atoms with Crippen LogP contribution in [0.15, 0.2) is 0 Å². The summed E-state index contributed by atoms with van der Waals surface area (Å²) in [6, 6.07) is 0.381. The molecule has 5 heteroatoms. The molecule has 0 radical (unpaired) electrons. The lowest BCUT2D eigenvalue weighted by Gasteiger charge is -2.40. The van der Waals surface area contributed by atoms with Crippen molar-refractivity contribution in [3.05, 3.63) is 0 Å². The molecule has 2 N–H and O–H groups in total. The molecule has 1 atom stereocenters. The van der Waals surface area contributed by atoms with Crippen molar-refractivity contribution < 1.29 is 9.53 Å². The zero-order chi connectivity index (χ0) is 13.7. The highest BCUT2D eigenvalue weighted by Crippen LogP contribution is 2.15. The van der Waals surface area contributed by atoms with E-state index < -0.39 is 0 Å². The first-order valence-corrected chi connectivity index (χ1v) is 7.41. The van der Waals surface area contributed by atoms with Gasteiger partial charge in [0.05, 0.1) is 13.2 Å². The SMILES string of the molecule is CC(C)(CNC(=O)CC1CCCN1)N1CCOCC1. The zero-order valence-corrected chi connectivity index (χ0v) is 12.2. The maximum absolute atomic E-state index is 11.9. The molecule has 2 saturated heterocycles. The Hall–Kier alpha value is -0.650. The van der Waals surface area contributed by atoms with Gasteiger partial charge in [-0.25, -0.2) is 0 Å². The van der Waals surface area contributed by atoms with Crippen LogP contribution in [-0.2, 0) is 9.53 Å². The Labute approximate surface area is 116 Å². The molecule has 0 spiro atoms. The monoisotopic (exact) mass is 269 g/mol. The van der Waals surface area contributed by atoms with Gasteiger partial charge in [0.1, 0.15) is 0 Å². The van der Waals surface area contributed by atoms with Gasteiger partial charge >= 0.3 is 0 Å². The van der Waals surface area contributed by atoms with E-state index >= 15 is 0 Å². The second-order valence-corrected chi connectivity index (χ2v) is 6.19. The summed E-state index contributed by atoms with van der Waals surface area (Å²) in [6.07, 6.45) is 2.93. The molecule has 5 nitrogen and oxygen atoms in total. The van der Waals surface area contributed by atoms with Crippen LogP contribution in [0, 0.1) is 0 Å². The van der Waals surface area contributed by atoms with E-state index in [1.807, 2.05) is 0 Å². The highest BCUT2D eigenvalue weighted by Gasteiger charge is 2.29. The Morgan fingerprint density at radius 1 is 1.42 bits per heavy atom. The van der Waals surface area contributed by atoms with Gasteiger partial charge in [-0.2, -0.15) is 0 Å². The van der Waals surface area contributed by atoms with Gasteiger partial charge in [-0.15, -0.1) is 0 Å². The third-order valence-corrected chi connectivity index (χ3v) is 4.18. The Bertz CT molecular complexity index is 295. The van der Waals surface area contributed by atoms with Crippen molar-refractivity contribution in [1.29, 1.82) is 0 Å². The Balaban J connectivity index is 1.71. The van der Waals surface area contributed by atoms with Gasteiger partial charge in [-0.1, -0.05) is 0 Å². The number of amides is 1. The van der Waals surface area contributed by atoms with Crippen LogP contribution >= 0.6 is 0 Å². The fourth-order valence-corrected chi connectivity index (χ4v) is 2.82. The van der Waals surface area contributed by atoms with Crippen LogP contribution in [0.5, 0.6) is 0 Å². The minimum absolute atomic E-state index is 0.00252. The number of ether oxygens (including phenoxy) is 1.